The Morgan fingerprint density at radius 1 is 1.33 bits per heavy atom. The third-order valence-corrected chi connectivity index (χ3v) is 2.54. The maximum Gasteiger partial charge on any atom is 0.126 e. The first kappa shape index (κ1) is 14.5. The van der Waals surface area contributed by atoms with Gasteiger partial charge in [0.05, 0.1) is 11.6 Å². The quantitative estimate of drug-likeness (QED) is 0.872. The minimum atomic E-state index is -0.387. The summed E-state index contributed by atoms with van der Waals surface area (Å²) in [6.45, 7) is 5.94. The van der Waals surface area contributed by atoms with Crippen molar-refractivity contribution in [2.24, 2.45) is 5.41 Å². The molecule has 18 heavy (non-hydrogen) atoms. The van der Waals surface area contributed by atoms with Gasteiger partial charge in [0.15, 0.2) is 0 Å². The van der Waals surface area contributed by atoms with Crippen LogP contribution < -0.4 is 5.32 Å². The van der Waals surface area contributed by atoms with Crippen LogP contribution in [0.4, 0.5) is 10.1 Å². The molecule has 0 bridgehead atoms. The van der Waals surface area contributed by atoms with Crippen LogP contribution in [0.25, 0.3) is 0 Å². The normalized spacial score (nSPS) is 11.4. The zero-order valence-corrected chi connectivity index (χ0v) is 11.4. The van der Waals surface area contributed by atoms with Gasteiger partial charge in [-0.3, -0.25) is 0 Å². The fraction of sp³-hybridized carbons (Fsp3) is 0.500. The molecule has 0 heterocycles. The van der Waals surface area contributed by atoms with Crippen molar-refractivity contribution in [1.29, 1.82) is 5.26 Å². The predicted molar refractivity (Wildman–Crippen MR) is 71.9 cm³/mol. The standard InChI is InChI=1S/C14H20FN3/c1-14(2,10-18(3)4)9-17-13-6-11(8-16)5-12(15)7-13/h5-7,17H,9-10H2,1-4H3. The van der Waals surface area contributed by atoms with Crippen LogP contribution in [0.2, 0.25) is 0 Å². The minimum Gasteiger partial charge on any atom is -0.384 e. The van der Waals surface area contributed by atoms with Gasteiger partial charge in [-0.15, -0.1) is 0 Å². The van der Waals surface area contributed by atoms with Crippen molar-refractivity contribution in [2.45, 2.75) is 13.8 Å². The highest BCUT2D eigenvalue weighted by molar-refractivity contribution is 5.49. The molecule has 0 saturated carbocycles. The SMILES string of the molecule is CN(C)CC(C)(C)CNc1cc(F)cc(C#N)c1. The summed E-state index contributed by atoms with van der Waals surface area (Å²) in [5.74, 6) is -0.387. The summed E-state index contributed by atoms with van der Waals surface area (Å²) in [5.41, 5.74) is 1.06. The van der Waals surface area contributed by atoms with E-state index in [1.54, 1.807) is 6.07 Å². The van der Waals surface area contributed by atoms with Gasteiger partial charge < -0.3 is 10.2 Å². The zero-order valence-electron chi connectivity index (χ0n) is 11.4. The van der Waals surface area contributed by atoms with Crippen LogP contribution in [-0.2, 0) is 0 Å². The van der Waals surface area contributed by atoms with E-state index in [0.717, 1.165) is 13.1 Å². The average Bonchev–Trinajstić information content (AvgIpc) is 2.24. The van der Waals surface area contributed by atoms with E-state index in [-0.39, 0.29) is 11.2 Å². The zero-order chi connectivity index (χ0) is 13.8. The fourth-order valence-electron chi connectivity index (χ4n) is 2.01. The maximum absolute atomic E-state index is 13.2. The van der Waals surface area contributed by atoms with Crippen LogP contribution in [0, 0.1) is 22.6 Å². The Morgan fingerprint density at radius 3 is 2.56 bits per heavy atom. The first-order valence-corrected chi connectivity index (χ1v) is 5.92. The van der Waals surface area contributed by atoms with E-state index in [9.17, 15) is 4.39 Å². The Hall–Kier alpha value is -1.60. The van der Waals surface area contributed by atoms with Gasteiger partial charge in [-0.1, -0.05) is 13.8 Å². The van der Waals surface area contributed by atoms with Gasteiger partial charge in [0.1, 0.15) is 5.82 Å². The van der Waals surface area contributed by atoms with Gasteiger partial charge in [0, 0.05) is 18.8 Å². The van der Waals surface area contributed by atoms with Crippen molar-refractivity contribution < 1.29 is 4.39 Å². The molecule has 0 aromatic heterocycles. The summed E-state index contributed by atoms with van der Waals surface area (Å²) < 4.78 is 13.2. The molecule has 0 aliphatic carbocycles. The van der Waals surface area contributed by atoms with Crippen LogP contribution in [0.1, 0.15) is 19.4 Å². The molecule has 0 atom stereocenters. The first-order chi connectivity index (χ1) is 8.32. The van der Waals surface area contributed by atoms with Crippen LogP contribution in [0.3, 0.4) is 0 Å². The molecule has 0 fully saturated rings. The van der Waals surface area contributed by atoms with E-state index < -0.39 is 0 Å². The summed E-state index contributed by atoms with van der Waals surface area (Å²) in [5, 5.41) is 12.0. The van der Waals surface area contributed by atoms with Crippen molar-refractivity contribution in [3.63, 3.8) is 0 Å². The number of nitrogens with zero attached hydrogens (tertiary/aromatic N) is 2. The number of halogens is 1. The van der Waals surface area contributed by atoms with E-state index in [4.69, 9.17) is 5.26 Å². The predicted octanol–water partition coefficient (Wildman–Crippen LogP) is 2.70. The number of nitrogens with one attached hydrogen (secondary N) is 1. The van der Waals surface area contributed by atoms with Gasteiger partial charge in [0.25, 0.3) is 0 Å². The number of benzene rings is 1. The molecule has 4 heteroatoms. The van der Waals surface area contributed by atoms with Crippen molar-refractivity contribution in [2.75, 3.05) is 32.5 Å². The lowest BCUT2D eigenvalue weighted by Gasteiger charge is -2.28. The molecule has 1 aromatic carbocycles. The maximum atomic E-state index is 13.2. The van der Waals surface area contributed by atoms with Crippen LogP contribution >= 0.6 is 0 Å². The monoisotopic (exact) mass is 249 g/mol. The number of anilines is 1. The van der Waals surface area contributed by atoms with Crippen molar-refractivity contribution >= 4 is 5.69 Å². The topological polar surface area (TPSA) is 39.1 Å². The molecule has 0 spiro atoms. The van der Waals surface area contributed by atoms with Crippen LogP contribution in [0.15, 0.2) is 18.2 Å². The summed E-state index contributed by atoms with van der Waals surface area (Å²) >= 11 is 0. The van der Waals surface area contributed by atoms with Crippen LogP contribution in [0.5, 0.6) is 0 Å². The Morgan fingerprint density at radius 2 is 2.00 bits per heavy atom. The van der Waals surface area contributed by atoms with Gasteiger partial charge >= 0.3 is 0 Å². The number of rotatable bonds is 5. The minimum absolute atomic E-state index is 0.0720. The summed E-state index contributed by atoms with van der Waals surface area (Å²) in [7, 11) is 4.05. The van der Waals surface area contributed by atoms with Crippen molar-refractivity contribution in [3.8, 4) is 6.07 Å². The summed E-state index contributed by atoms with van der Waals surface area (Å²) in [6.07, 6.45) is 0. The summed E-state index contributed by atoms with van der Waals surface area (Å²) in [6, 6.07) is 6.25. The van der Waals surface area contributed by atoms with Gasteiger partial charge in [0.2, 0.25) is 0 Å². The Balaban J connectivity index is 2.69. The molecule has 0 aliphatic heterocycles. The molecular weight excluding hydrogens is 229 g/mol. The Kier molecular flexibility index (Phi) is 4.69. The molecule has 0 radical (unpaired) electrons. The molecule has 0 aliphatic rings. The van der Waals surface area contributed by atoms with E-state index in [1.165, 1.54) is 12.1 Å². The number of nitriles is 1. The first-order valence-electron chi connectivity index (χ1n) is 5.92. The second-order valence-corrected chi connectivity index (χ2v) is 5.60. The van der Waals surface area contributed by atoms with Crippen LogP contribution in [-0.4, -0.2) is 32.1 Å². The third kappa shape index (κ3) is 4.72. The number of hydrogen-bond donors (Lipinski definition) is 1. The van der Waals surface area contributed by atoms with Gasteiger partial charge in [-0.05, 0) is 37.7 Å². The molecule has 1 N–H and O–H groups in total. The van der Waals surface area contributed by atoms with Gasteiger partial charge in [-0.2, -0.15) is 5.26 Å². The Labute approximate surface area is 108 Å². The second kappa shape index (κ2) is 5.83. The van der Waals surface area contributed by atoms with E-state index in [0.29, 0.717) is 11.3 Å². The molecule has 0 saturated heterocycles. The Bertz CT molecular complexity index is 447. The molecule has 0 unspecified atom stereocenters. The molecule has 1 aromatic rings. The molecular formula is C14H20FN3. The molecule has 98 valence electrons. The smallest absolute Gasteiger partial charge is 0.126 e. The van der Waals surface area contributed by atoms with Gasteiger partial charge in [-0.25, -0.2) is 4.39 Å². The third-order valence-electron chi connectivity index (χ3n) is 2.54. The highest BCUT2D eigenvalue weighted by Gasteiger charge is 2.18. The van der Waals surface area contributed by atoms with E-state index in [2.05, 4.69) is 24.1 Å². The number of hydrogen-bond acceptors (Lipinski definition) is 3. The van der Waals surface area contributed by atoms with E-state index >= 15 is 0 Å². The molecule has 3 nitrogen and oxygen atoms in total. The molecule has 1 rings (SSSR count). The summed E-state index contributed by atoms with van der Waals surface area (Å²) in [4.78, 5) is 2.12. The fourth-order valence-corrected chi connectivity index (χ4v) is 2.01. The molecule has 0 amide bonds. The lowest BCUT2D eigenvalue weighted by molar-refractivity contribution is 0.254. The highest BCUT2D eigenvalue weighted by Crippen LogP contribution is 2.19. The van der Waals surface area contributed by atoms with Crippen molar-refractivity contribution in [1.82, 2.24) is 4.90 Å². The average molecular weight is 249 g/mol. The largest absolute Gasteiger partial charge is 0.384 e. The second-order valence-electron chi connectivity index (χ2n) is 5.60. The van der Waals surface area contributed by atoms with Crippen molar-refractivity contribution in [3.05, 3.63) is 29.6 Å². The van der Waals surface area contributed by atoms with E-state index in [1.807, 2.05) is 20.2 Å². The lowest BCUT2D eigenvalue weighted by atomic mass is 9.93. The lowest BCUT2D eigenvalue weighted by Crippen LogP contribution is -2.34. The highest BCUT2D eigenvalue weighted by atomic mass is 19.1.